The lowest BCUT2D eigenvalue weighted by molar-refractivity contribution is 0.0728. The first-order chi connectivity index (χ1) is 16.8. The molecule has 0 N–H and O–H groups in total. The number of rotatable bonds is 7. The number of hydrogen-bond donors (Lipinski definition) is 0. The SMILES string of the molecule is C=CCCc1ccc(OC(=O)c2ccc3c(c2F)C(F)C(F)c2c-3ccc(CCC)c2F)cc1F. The summed E-state index contributed by atoms with van der Waals surface area (Å²) in [5, 5.41) is 0. The highest BCUT2D eigenvalue weighted by atomic mass is 19.2. The maximum absolute atomic E-state index is 15.3. The van der Waals surface area contributed by atoms with E-state index in [0.29, 0.717) is 31.2 Å². The Morgan fingerprint density at radius 1 is 0.914 bits per heavy atom. The van der Waals surface area contributed by atoms with Crippen LogP contribution in [0.25, 0.3) is 11.1 Å². The Morgan fingerprint density at radius 3 is 2.17 bits per heavy atom. The molecule has 2 unspecified atom stereocenters. The van der Waals surface area contributed by atoms with Gasteiger partial charge in [0.25, 0.3) is 0 Å². The Kier molecular flexibility index (Phi) is 7.05. The number of alkyl halides is 2. The van der Waals surface area contributed by atoms with Crippen LogP contribution in [0.2, 0.25) is 0 Å². The minimum absolute atomic E-state index is 0.0324. The van der Waals surface area contributed by atoms with Crippen LogP contribution < -0.4 is 4.74 Å². The van der Waals surface area contributed by atoms with Crippen LogP contribution in [-0.4, -0.2) is 5.97 Å². The average molecular weight is 486 g/mol. The van der Waals surface area contributed by atoms with Crippen LogP contribution in [0, 0.1) is 17.5 Å². The van der Waals surface area contributed by atoms with Gasteiger partial charge in [0, 0.05) is 17.2 Å². The van der Waals surface area contributed by atoms with Crippen molar-refractivity contribution in [2.24, 2.45) is 0 Å². The van der Waals surface area contributed by atoms with E-state index in [4.69, 9.17) is 4.74 Å². The molecular formula is C28H23F5O2. The summed E-state index contributed by atoms with van der Waals surface area (Å²) in [6, 6.07) is 9.01. The number of hydrogen-bond acceptors (Lipinski definition) is 2. The Balaban J connectivity index is 1.68. The van der Waals surface area contributed by atoms with E-state index in [9.17, 15) is 13.6 Å². The highest BCUT2D eigenvalue weighted by molar-refractivity contribution is 5.93. The summed E-state index contributed by atoms with van der Waals surface area (Å²) in [5.41, 5.74) is -1.10. The lowest BCUT2D eigenvalue weighted by atomic mass is 9.80. The van der Waals surface area contributed by atoms with Gasteiger partial charge >= 0.3 is 5.97 Å². The summed E-state index contributed by atoms with van der Waals surface area (Å²) < 4.78 is 79.7. The molecule has 0 aliphatic heterocycles. The van der Waals surface area contributed by atoms with E-state index >= 15 is 13.2 Å². The summed E-state index contributed by atoms with van der Waals surface area (Å²) in [4.78, 5) is 12.6. The summed E-state index contributed by atoms with van der Waals surface area (Å²) in [7, 11) is 0. The minimum atomic E-state index is -2.52. The number of aryl methyl sites for hydroxylation is 2. The Morgan fingerprint density at radius 2 is 1.54 bits per heavy atom. The quantitative estimate of drug-likeness (QED) is 0.146. The molecule has 0 radical (unpaired) electrons. The second-order valence-corrected chi connectivity index (χ2v) is 8.41. The topological polar surface area (TPSA) is 26.3 Å². The van der Waals surface area contributed by atoms with E-state index in [2.05, 4.69) is 6.58 Å². The fourth-order valence-corrected chi connectivity index (χ4v) is 4.37. The largest absolute Gasteiger partial charge is 0.423 e. The first-order valence-corrected chi connectivity index (χ1v) is 11.3. The van der Waals surface area contributed by atoms with Crippen LogP contribution in [0.3, 0.4) is 0 Å². The molecule has 0 saturated heterocycles. The van der Waals surface area contributed by atoms with Gasteiger partial charge < -0.3 is 4.74 Å². The number of carbonyl (C=O) groups excluding carboxylic acids is 1. The van der Waals surface area contributed by atoms with Gasteiger partial charge in [0.05, 0.1) is 5.56 Å². The smallest absolute Gasteiger partial charge is 0.346 e. The van der Waals surface area contributed by atoms with Crippen molar-refractivity contribution in [2.75, 3.05) is 0 Å². The fraction of sp³-hybridized carbons (Fsp3) is 0.250. The standard InChI is InChI=1S/C28H23F5O2/c1-3-5-7-15-8-10-17(14-21(15)29)35-28(34)20-13-12-19-18-11-9-16(6-4-2)24(30)22(18)26(32)27(33)23(19)25(20)31/h3,8-14,26-27H,1,4-7H2,2H3. The van der Waals surface area contributed by atoms with Gasteiger partial charge in [0.2, 0.25) is 0 Å². The number of fused-ring (bicyclic) bond motifs is 3. The number of esters is 1. The highest BCUT2D eigenvalue weighted by Gasteiger charge is 2.40. The van der Waals surface area contributed by atoms with Crippen molar-refractivity contribution in [3.63, 3.8) is 0 Å². The number of carbonyl (C=O) groups is 1. The molecule has 0 bridgehead atoms. The molecule has 182 valence electrons. The molecule has 0 fully saturated rings. The van der Waals surface area contributed by atoms with Crippen LogP contribution in [0.5, 0.6) is 5.75 Å². The van der Waals surface area contributed by atoms with Crippen molar-refractivity contribution in [1.82, 2.24) is 0 Å². The van der Waals surface area contributed by atoms with E-state index in [1.807, 2.05) is 6.92 Å². The Bertz CT molecular complexity index is 1300. The number of allylic oxidation sites excluding steroid dienone is 1. The molecule has 0 saturated carbocycles. The molecule has 0 amide bonds. The maximum Gasteiger partial charge on any atom is 0.346 e. The van der Waals surface area contributed by atoms with Gasteiger partial charge in [0.15, 0.2) is 12.3 Å². The van der Waals surface area contributed by atoms with E-state index in [-0.39, 0.29) is 22.4 Å². The van der Waals surface area contributed by atoms with Crippen LogP contribution in [0.15, 0.2) is 55.1 Å². The summed E-state index contributed by atoms with van der Waals surface area (Å²) >= 11 is 0. The van der Waals surface area contributed by atoms with E-state index < -0.39 is 52.5 Å². The van der Waals surface area contributed by atoms with Crippen LogP contribution in [0.4, 0.5) is 22.0 Å². The molecule has 0 aromatic heterocycles. The van der Waals surface area contributed by atoms with Crippen molar-refractivity contribution in [3.8, 4) is 16.9 Å². The maximum atomic E-state index is 15.3. The third-order valence-electron chi connectivity index (χ3n) is 6.13. The third kappa shape index (κ3) is 4.47. The Hall–Kier alpha value is -3.48. The zero-order valence-electron chi connectivity index (χ0n) is 19.0. The molecule has 2 atom stereocenters. The minimum Gasteiger partial charge on any atom is -0.423 e. The second-order valence-electron chi connectivity index (χ2n) is 8.41. The molecule has 7 heteroatoms. The van der Waals surface area contributed by atoms with Gasteiger partial charge in [-0.2, -0.15) is 0 Å². The van der Waals surface area contributed by atoms with Crippen LogP contribution >= 0.6 is 0 Å². The normalized spacial score (nSPS) is 16.4. The summed E-state index contributed by atoms with van der Waals surface area (Å²) in [6.45, 7) is 5.41. The van der Waals surface area contributed by atoms with Crippen molar-refractivity contribution in [3.05, 3.63) is 100 Å². The predicted octanol–water partition coefficient (Wildman–Crippen LogP) is 8.10. The lowest BCUT2D eigenvalue weighted by Gasteiger charge is -2.28. The van der Waals surface area contributed by atoms with Crippen molar-refractivity contribution in [2.45, 2.75) is 45.0 Å². The lowest BCUT2D eigenvalue weighted by Crippen LogP contribution is -2.19. The molecule has 0 spiro atoms. The van der Waals surface area contributed by atoms with Gasteiger partial charge in [-0.05, 0) is 53.6 Å². The monoisotopic (exact) mass is 486 g/mol. The van der Waals surface area contributed by atoms with Gasteiger partial charge in [-0.3, -0.25) is 0 Å². The van der Waals surface area contributed by atoms with Crippen molar-refractivity contribution < 1.29 is 31.5 Å². The molecule has 4 rings (SSSR count). The van der Waals surface area contributed by atoms with Crippen LogP contribution in [0.1, 0.15) is 64.7 Å². The van der Waals surface area contributed by atoms with Gasteiger partial charge in [0.1, 0.15) is 23.2 Å². The van der Waals surface area contributed by atoms with Crippen molar-refractivity contribution in [1.29, 1.82) is 0 Å². The van der Waals surface area contributed by atoms with Crippen molar-refractivity contribution >= 4 is 5.97 Å². The van der Waals surface area contributed by atoms with E-state index in [1.54, 1.807) is 6.08 Å². The molecule has 1 aliphatic rings. The average Bonchev–Trinajstić information content (AvgIpc) is 2.83. The van der Waals surface area contributed by atoms with Gasteiger partial charge in [-0.1, -0.05) is 43.7 Å². The van der Waals surface area contributed by atoms with Gasteiger partial charge in [-0.25, -0.2) is 26.7 Å². The van der Waals surface area contributed by atoms with E-state index in [1.165, 1.54) is 30.3 Å². The summed E-state index contributed by atoms with van der Waals surface area (Å²) in [6.07, 6.45) is -1.38. The first kappa shape index (κ1) is 24.6. The predicted molar refractivity (Wildman–Crippen MR) is 123 cm³/mol. The molecular weight excluding hydrogens is 463 g/mol. The number of benzene rings is 3. The highest BCUT2D eigenvalue weighted by Crippen LogP contribution is 2.51. The fourth-order valence-electron chi connectivity index (χ4n) is 4.37. The summed E-state index contributed by atoms with van der Waals surface area (Å²) in [5.74, 6) is -4.10. The second kappa shape index (κ2) is 10.0. The van der Waals surface area contributed by atoms with Crippen LogP contribution in [-0.2, 0) is 12.8 Å². The number of halogens is 5. The Labute approximate surface area is 200 Å². The molecule has 2 nitrogen and oxygen atoms in total. The molecule has 3 aromatic carbocycles. The molecule has 35 heavy (non-hydrogen) atoms. The molecule has 3 aromatic rings. The number of ether oxygens (including phenoxy) is 1. The molecule has 0 heterocycles. The first-order valence-electron chi connectivity index (χ1n) is 11.3. The van der Waals surface area contributed by atoms with Gasteiger partial charge in [-0.15, -0.1) is 6.58 Å². The van der Waals surface area contributed by atoms with E-state index in [0.717, 1.165) is 12.1 Å². The zero-order valence-corrected chi connectivity index (χ0v) is 19.0. The zero-order chi connectivity index (χ0) is 25.3. The molecule has 1 aliphatic carbocycles. The third-order valence-corrected chi connectivity index (χ3v) is 6.13.